The van der Waals surface area contributed by atoms with E-state index in [9.17, 15) is 4.79 Å². The lowest BCUT2D eigenvalue weighted by Crippen LogP contribution is -2.18. The Bertz CT molecular complexity index is 862. The summed E-state index contributed by atoms with van der Waals surface area (Å²) < 4.78 is 7.10. The van der Waals surface area contributed by atoms with Crippen LogP contribution in [0.1, 0.15) is 34.6 Å². The van der Waals surface area contributed by atoms with Crippen molar-refractivity contribution < 1.29 is 4.74 Å². The van der Waals surface area contributed by atoms with E-state index in [0.29, 0.717) is 23.7 Å². The minimum Gasteiger partial charge on any atom is -0.491 e. The molecule has 0 unspecified atom stereocenters. The molecule has 7 nitrogen and oxygen atoms in total. The second kappa shape index (κ2) is 11.0. The Labute approximate surface area is 166 Å². The summed E-state index contributed by atoms with van der Waals surface area (Å²) in [6, 6.07) is 7.21. The minimum absolute atomic E-state index is 0.0771. The maximum Gasteiger partial charge on any atom is 0.280 e. The number of rotatable bonds is 4. The molecule has 0 aliphatic carbocycles. The van der Waals surface area contributed by atoms with Gasteiger partial charge in [-0.15, -0.1) is 0 Å². The maximum atomic E-state index is 12.5. The van der Waals surface area contributed by atoms with Gasteiger partial charge >= 0.3 is 0 Å². The summed E-state index contributed by atoms with van der Waals surface area (Å²) in [5.41, 5.74) is 5.73. The highest BCUT2D eigenvalue weighted by Crippen LogP contribution is 2.18. The van der Waals surface area contributed by atoms with Crippen molar-refractivity contribution >= 4 is 0 Å². The van der Waals surface area contributed by atoms with E-state index >= 15 is 0 Å². The molecule has 0 bridgehead atoms. The topological polar surface area (TPSA) is 98.8 Å². The standard InChI is InChI=1S/C18H20N4O2.C2H6.CH5N/c1-18(2,3)12-24-14-6-7-16(20-10-14)22-17(23)15(11-21-22)13-5-4-8-19-9-13;2*1-2/h4-11,21H,12H2,1-3H3;1-2H3;2H2,1H3. The van der Waals surface area contributed by atoms with Crippen LogP contribution in [0.4, 0.5) is 0 Å². The number of ether oxygens (including phenoxy) is 1. The van der Waals surface area contributed by atoms with Crippen LogP contribution in [-0.2, 0) is 0 Å². The molecule has 0 saturated heterocycles. The van der Waals surface area contributed by atoms with E-state index < -0.39 is 0 Å². The van der Waals surface area contributed by atoms with Gasteiger partial charge < -0.3 is 10.5 Å². The lowest BCUT2D eigenvalue weighted by Gasteiger charge is -2.18. The molecule has 0 radical (unpaired) electrons. The monoisotopic (exact) mass is 385 g/mol. The zero-order valence-electron chi connectivity index (χ0n) is 17.6. The highest BCUT2D eigenvalue weighted by Gasteiger charge is 2.13. The highest BCUT2D eigenvalue weighted by atomic mass is 16.5. The van der Waals surface area contributed by atoms with Crippen molar-refractivity contribution in [2.24, 2.45) is 11.1 Å². The summed E-state index contributed by atoms with van der Waals surface area (Å²) in [7, 11) is 1.50. The summed E-state index contributed by atoms with van der Waals surface area (Å²) in [4.78, 5) is 20.9. The number of nitrogens with zero attached hydrogens (tertiary/aromatic N) is 3. The van der Waals surface area contributed by atoms with Crippen molar-refractivity contribution in [1.29, 1.82) is 0 Å². The summed E-state index contributed by atoms with van der Waals surface area (Å²) in [5.74, 6) is 1.19. The number of aromatic amines is 1. The van der Waals surface area contributed by atoms with Crippen molar-refractivity contribution in [3.8, 4) is 22.7 Å². The van der Waals surface area contributed by atoms with Crippen LogP contribution in [0.3, 0.4) is 0 Å². The lowest BCUT2D eigenvalue weighted by molar-refractivity contribution is 0.197. The van der Waals surface area contributed by atoms with Crippen molar-refractivity contribution in [3.63, 3.8) is 0 Å². The first-order valence-electron chi connectivity index (χ1n) is 9.32. The summed E-state index contributed by atoms with van der Waals surface area (Å²) in [6.07, 6.45) is 6.61. The Hall–Kier alpha value is -2.93. The molecule has 3 heterocycles. The third-order valence-electron chi connectivity index (χ3n) is 3.37. The van der Waals surface area contributed by atoms with Gasteiger partial charge in [0, 0.05) is 24.2 Å². The molecule has 3 N–H and O–H groups in total. The van der Waals surface area contributed by atoms with Gasteiger partial charge in [-0.1, -0.05) is 40.7 Å². The number of hydrogen-bond donors (Lipinski definition) is 2. The van der Waals surface area contributed by atoms with E-state index in [1.54, 1.807) is 36.9 Å². The largest absolute Gasteiger partial charge is 0.491 e. The van der Waals surface area contributed by atoms with Crippen LogP contribution in [0.25, 0.3) is 16.9 Å². The molecular formula is C21H31N5O2. The van der Waals surface area contributed by atoms with E-state index in [0.717, 1.165) is 5.56 Å². The first kappa shape index (κ1) is 23.1. The van der Waals surface area contributed by atoms with Gasteiger partial charge in [-0.25, -0.2) is 9.67 Å². The van der Waals surface area contributed by atoms with Gasteiger partial charge in [0.1, 0.15) is 5.75 Å². The fourth-order valence-electron chi connectivity index (χ4n) is 2.16. The van der Waals surface area contributed by atoms with Gasteiger partial charge in [0.25, 0.3) is 5.56 Å². The zero-order chi connectivity index (χ0) is 21.2. The van der Waals surface area contributed by atoms with Crippen LogP contribution in [0.2, 0.25) is 0 Å². The first-order valence-corrected chi connectivity index (χ1v) is 9.32. The van der Waals surface area contributed by atoms with E-state index in [1.165, 1.54) is 11.7 Å². The molecule has 0 amide bonds. The van der Waals surface area contributed by atoms with Crippen molar-refractivity contribution in [2.45, 2.75) is 34.6 Å². The smallest absolute Gasteiger partial charge is 0.280 e. The second-order valence-electron chi connectivity index (χ2n) is 6.77. The first-order chi connectivity index (χ1) is 13.4. The number of aromatic nitrogens is 4. The Balaban J connectivity index is 0.000000921. The molecule has 0 saturated carbocycles. The van der Waals surface area contributed by atoms with Crippen LogP contribution < -0.4 is 16.0 Å². The number of H-pyrrole nitrogens is 1. The van der Waals surface area contributed by atoms with Gasteiger partial charge in [-0.05, 0) is 30.7 Å². The van der Waals surface area contributed by atoms with Crippen LogP contribution in [0.5, 0.6) is 5.75 Å². The minimum atomic E-state index is -0.168. The third-order valence-corrected chi connectivity index (χ3v) is 3.37. The Morgan fingerprint density at radius 2 is 1.86 bits per heavy atom. The molecule has 3 rings (SSSR count). The lowest BCUT2D eigenvalue weighted by atomic mass is 9.99. The number of pyridine rings is 2. The van der Waals surface area contributed by atoms with Crippen LogP contribution in [-0.4, -0.2) is 33.4 Å². The molecular weight excluding hydrogens is 354 g/mol. The summed E-state index contributed by atoms with van der Waals surface area (Å²) in [5, 5.41) is 2.94. The van der Waals surface area contributed by atoms with Crippen LogP contribution >= 0.6 is 0 Å². The van der Waals surface area contributed by atoms with Crippen LogP contribution in [0.15, 0.2) is 53.8 Å². The van der Waals surface area contributed by atoms with E-state index in [2.05, 4.69) is 41.6 Å². The number of nitrogens with two attached hydrogens (primary N) is 1. The molecule has 0 spiro atoms. The average Bonchev–Trinajstić information content (AvgIpc) is 3.11. The normalized spacial score (nSPS) is 10.2. The van der Waals surface area contributed by atoms with Gasteiger partial charge in [-0.3, -0.25) is 14.9 Å². The predicted molar refractivity (Wildman–Crippen MR) is 114 cm³/mol. The third kappa shape index (κ3) is 6.35. The Morgan fingerprint density at radius 3 is 2.39 bits per heavy atom. The molecule has 0 aliphatic rings. The SMILES string of the molecule is CC.CC(C)(C)COc1ccc(-n2[nH]cc(-c3cccnc3)c2=O)nc1.CN. The zero-order valence-corrected chi connectivity index (χ0v) is 17.6. The predicted octanol–water partition coefficient (Wildman–Crippen LogP) is 3.65. The molecule has 0 fully saturated rings. The van der Waals surface area contributed by atoms with Crippen LogP contribution in [0, 0.1) is 5.41 Å². The molecule has 0 aromatic carbocycles. The van der Waals surface area contributed by atoms with Crippen molar-refractivity contribution in [1.82, 2.24) is 19.7 Å². The van der Waals surface area contributed by atoms with E-state index in [4.69, 9.17) is 4.74 Å². The quantitative estimate of drug-likeness (QED) is 0.714. The molecule has 3 aromatic rings. The maximum absolute atomic E-state index is 12.5. The van der Waals surface area contributed by atoms with Crippen molar-refractivity contribution in [3.05, 3.63) is 59.4 Å². The average molecular weight is 386 g/mol. The van der Waals surface area contributed by atoms with Gasteiger partial charge in [-0.2, -0.15) is 0 Å². The summed E-state index contributed by atoms with van der Waals surface area (Å²) >= 11 is 0. The van der Waals surface area contributed by atoms with E-state index in [-0.39, 0.29) is 11.0 Å². The van der Waals surface area contributed by atoms with Crippen molar-refractivity contribution in [2.75, 3.05) is 13.7 Å². The molecule has 152 valence electrons. The second-order valence-corrected chi connectivity index (χ2v) is 6.77. The van der Waals surface area contributed by atoms with Gasteiger partial charge in [0.15, 0.2) is 5.82 Å². The fraction of sp³-hybridized carbons (Fsp3) is 0.381. The Kier molecular flexibility index (Phi) is 9.11. The number of nitrogens with one attached hydrogen (secondary N) is 1. The van der Waals surface area contributed by atoms with Gasteiger partial charge in [0.05, 0.1) is 18.4 Å². The molecule has 0 atom stereocenters. The fourth-order valence-corrected chi connectivity index (χ4v) is 2.16. The highest BCUT2D eigenvalue weighted by molar-refractivity contribution is 5.60. The Morgan fingerprint density at radius 1 is 1.14 bits per heavy atom. The van der Waals surface area contributed by atoms with Gasteiger partial charge in [0.2, 0.25) is 0 Å². The molecule has 7 heteroatoms. The summed E-state index contributed by atoms with van der Waals surface area (Å²) in [6.45, 7) is 10.9. The molecule has 0 aliphatic heterocycles. The molecule has 3 aromatic heterocycles. The molecule has 28 heavy (non-hydrogen) atoms. The van der Waals surface area contributed by atoms with E-state index in [1.807, 2.05) is 26.0 Å². The number of hydrogen-bond acceptors (Lipinski definition) is 5.